The molecule has 0 aromatic heterocycles. The summed E-state index contributed by atoms with van der Waals surface area (Å²) in [5.41, 5.74) is 1.19. The molecule has 0 radical (unpaired) electrons. The molecule has 20 heavy (non-hydrogen) atoms. The van der Waals surface area contributed by atoms with Crippen LogP contribution in [0.25, 0.3) is 0 Å². The Balaban J connectivity index is 2.98. The number of carbonyl (C=O) groups is 2. The highest BCUT2D eigenvalue weighted by molar-refractivity contribution is 6.34. The molecule has 0 fully saturated rings. The fourth-order valence-electron chi connectivity index (χ4n) is 1.87. The Morgan fingerprint density at radius 3 is 2.50 bits per heavy atom. The lowest BCUT2D eigenvalue weighted by molar-refractivity contribution is -0.301. The van der Waals surface area contributed by atoms with Gasteiger partial charge in [0, 0.05) is 12.1 Å². The van der Waals surface area contributed by atoms with Gasteiger partial charge in [0.25, 0.3) is 5.72 Å². The minimum Gasteiger partial charge on any atom is -0.362 e. The number of halogens is 3. The zero-order valence-corrected chi connectivity index (χ0v) is 10.9. The van der Waals surface area contributed by atoms with E-state index in [0.29, 0.717) is 6.42 Å². The number of unbranched alkanes of at least 4 members (excludes halogenated alkanes) is 2. The molecule has 114 valence electrons. The first-order valence-electron chi connectivity index (χ1n) is 6.13. The first-order valence-corrected chi connectivity index (χ1v) is 6.13. The molecule has 1 unspecified atom stereocenters. The zero-order valence-electron chi connectivity index (χ0n) is 10.9. The topological polar surface area (TPSA) is 96.0 Å². The van der Waals surface area contributed by atoms with Crippen LogP contribution in [0.4, 0.5) is 13.2 Å². The van der Waals surface area contributed by atoms with Gasteiger partial charge in [0.1, 0.15) is 0 Å². The molecule has 0 aromatic rings. The molecule has 9 heteroatoms. The highest BCUT2D eigenvalue weighted by Gasteiger charge is 2.63. The van der Waals surface area contributed by atoms with E-state index in [4.69, 9.17) is 0 Å². The number of hydrogen-bond donors (Lipinski definition) is 2. The Labute approximate surface area is 113 Å². The van der Waals surface area contributed by atoms with Crippen molar-refractivity contribution in [2.45, 2.75) is 50.9 Å². The highest BCUT2D eigenvalue weighted by atomic mass is 19.4. The number of carbonyl (C=O) groups excluding carboxylic acids is 2. The van der Waals surface area contributed by atoms with Gasteiger partial charge >= 0.3 is 18.0 Å². The maximum absolute atomic E-state index is 12.9. The quantitative estimate of drug-likeness (QED) is 0.595. The normalized spacial score (nSPS) is 22.9. The molecule has 0 spiro atoms. The van der Waals surface area contributed by atoms with E-state index < -0.39 is 30.1 Å². The summed E-state index contributed by atoms with van der Waals surface area (Å²) in [4.78, 5) is 22.1. The SMILES string of the molecule is CCCCCC1=NN(C(=O)C(N)=O)C(O)(C(F)(F)F)C1. The van der Waals surface area contributed by atoms with E-state index in [2.05, 4.69) is 10.8 Å². The van der Waals surface area contributed by atoms with Gasteiger partial charge in [0.05, 0.1) is 0 Å². The van der Waals surface area contributed by atoms with Gasteiger partial charge in [-0.1, -0.05) is 19.8 Å². The number of alkyl halides is 3. The van der Waals surface area contributed by atoms with Gasteiger partial charge in [0.15, 0.2) is 0 Å². The molecule has 1 aliphatic rings. The van der Waals surface area contributed by atoms with Crippen molar-refractivity contribution in [1.82, 2.24) is 5.01 Å². The first kappa shape index (κ1) is 16.4. The third kappa shape index (κ3) is 3.09. The van der Waals surface area contributed by atoms with Gasteiger partial charge in [-0.3, -0.25) is 9.59 Å². The molecule has 0 aliphatic carbocycles. The fourth-order valence-corrected chi connectivity index (χ4v) is 1.87. The number of amides is 2. The number of hydrazone groups is 1. The van der Waals surface area contributed by atoms with Crippen molar-refractivity contribution < 1.29 is 27.9 Å². The number of nitrogens with zero attached hydrogens (tertiary/aromatic N) is 2. The lowest BCUT2D eigenvalue weighted by atomic mass is 10.0. The lowest BCUT2D eigenvalue weighted by Crippen LogP contribution is -2.58. The average Bonchev–Trinajstić information content (AvgIpc) is 2.66. The van der Waals surface area contributed by atoms with E-state index in [0.717, 1.165) is 12.8 Å². The van der Waals surface area contributed by atoms with Crippen LogP contribution in [0.5, 0.6) is 0 Å². The lowest BCUT2D eigenvalue weighted by Gasteiger charge is -2.31. The van der Waals surface area contributed by atoms with Gasteiger partial charge in [0.2, 0.25) is 0 Å². The minimum atomic E-state index is -5.13. The Hall–Kier alpha value is -1.64. The summed E-state index contributed by atoms with van der Waals surface area (Å²) in [6, 6.07) is 0. The summed E-state index contributed by atoms with van der Waals surface area (Å²) in [5, 5.41) is 12.9. The molecule has 0 aromatic carbocycles. The Morgan fingerprint density at radius 2 is 2.05 bits per heavy atom. The summed E-state index contributed by atoms with van der Waals surface area (Å²) in [6.45, 7) is 1.92. The average molecular weight is 295 g/mol. The molecule has 1 atom stereocenters. The van der Waals surface area contributed by atoms with Crippen LogP contribution in [0.1, 0.15) is 39.0 Å². The second-order valence-electron chi connectivity index (χ2n) is 4.60. The van der Waals surface area contributed by atoms with E-state index in [1.165, 1.54) is 0 Å². The van der Waals surface area contributed by atoms with Crippen molar-refractivity contribution in [3.8, 4) is 0 Å². The van der Waals surface area contributed by atoms with Crippen LogP contribution in [0.15, 0.2) is 5.10 Å². The molecule has 3 N–H and O–H groups in total. The van der Waals surface area contributed by atoms with E-state index in [1.54, 1.807) is 0 Å². The highest BCUT2D eigenvalue weighted by Crippen LogP contribution is 2.40. The number of hydrogen-bond acceptors (Lipinski definition) is 4. The van der Waals surface area contributed by atoms with Crippen LogP contribution in [0.3, 0.4) is 0 Å². The number of rotatable bonds is 4. The third-order valence-electron chi connectivity index (χ3n) is 2.97. The molecular formula is C11H16F3N3O3. The van der Waals surface area contributed by atoms with Crippen LogP contribution < -0.4 is 5.73 Å². The van der Waals surface area contributed by atoms with E-state index in [9.17, 15) is 27.9 Å². The predicted molar refractivity (Wildman–Crippen MR) is 63.2 cm³/mol. The van der Waals surface area contributed by atoms with Gasteiger partial charge in [-0.15, -0.1) is 0 Å². The van der Waals surface area contributed by atoms with Crippen molar-refractivity contribution in [2.75, 3.05) is 0 Å². The minimum absolute atomic E-state index is 0.0212. The van der Waals surface area contributed by atoms with E-state index >= 15 is 0 Å². The Bertz CT molecular complexity index is 436. The van der Waals surface area contributed by atoms with Crippen LogP contribution >= 0.6 is 0 Å². The summed E-state index contributed by atoms with van der Waals surface area (Å²) in [7, 11) is 0. The number of aliphatic hydroxyl groups is 1. The smallest absolute Gasteiger partial charge is 0.362 e. The van der Waals surface area contributed by atoms with Crippen LogP contribution in [-0.2, 0) is 9.59 Å². The van der Waals surface area contributed by atoms with Crippen LogP contribution in [0, 0.1) is 0 Å². The van der Waals surface area contributed by atoms with Crippen molar-refractivity contribution in [1.29, 1.82) is 0 Å². The van der Waals surface area contributed by atoms with Gasteiger partial charge in [-0.2, -0.15) is 23.3 Å². The molecule has 0 saturated heterocycles. The summed E-state index contributed by atoms with van der Waals surface area (Å²) in [6.07, 6.45) is -3.54. The van der Waals surface area contributed by atoms with E-state index in [1.807, 2.05) is 6.92 Å². The van der Waals surface area contributed by atoms with Crippen molar-refractivity contribution in [2.24, 2.45) is 10.8 Å². The molecule has 2 amide bonds. The summed E-state index contributed by atoms with van der Waals surface area (Å²) >= 11 is 0. The summed E-state index contributed by atoms with van der Waals surface area (Å²) < 4.78 is 38.7. The fraction of sp³-hybridized carbons (Fsp3) is 0.727. The largest absolute Gasteiger partial charge is 0.438 e. The van der Waals surface area contributed by atoms with Gasteiger partial charge < -0.3 is 10.8 Å². The molecule has 1 rings (SSSR count). The van der Waals surface area contributed by atoms with Crippen molar-refractivity contribution in [3.05, 3.63) is 0 Å². The second kappa shape index (κ2) is 5.78. The predicted octanol–water partition coefficient (Wildman–Crippen LogP) is 0.891. The van der Waals surface area contributed by atoms with Crippen molar-refractivity contribution in [3.63, 3.8) is 0 Å². The first-order chi connectivity index (χ1) is 9.13. The standard InChI is InChI=1S/C11H16F3N3O3/c1-2-3-4-5-7-6-10(20,11(12,13)14)17(16-7)9(19)8(15)18/h20H,2-6H2,1H3,(H2,15,18). The third-order valence-corrected chi connectivity index (χ3v) is 2.97. The van der Waals surface area contributed by atoms with Crippen LogP contribution in [-0.4, -0.2) is 39.5 Å². The number of nitrogens with two attached hydrogens (primary N) is 1. The molecule has 1 heterocycles. The molecule has 0 bridgehead atoms. The summed E-state index contributed by atoms with van der Waals surface area (Å²) in [5.74, 6) is -3.29. The molecule has 6 nitrogen and oxygen atoms in total. The number of primary amides is 1. The zero-order chi connectivity index (χ0) is 15.6. The second-order valence-corrected chi connectivity index (χ2v) is 4.60. The van der Waals surface area contributed by atoms with Gasteiger partial charge in [-0.25, -0.2) is 0 Å². The molecule has 1 aliphatic heterocycles. The monoisotopic (exact) mass is 295 g/mol. The Kier molecular flexibility index (Phi) is 4.74. The van der Waals surface area contributed by atoms with Crippen molar-refractivity contribution >= 4 is 17.5 Å². The maximum Gasteiger partial charge on any atom is 0.438 e. The molecular weight excluding hydrogens is 279 g/mol. The molecule has 0 saturated carbocycles. The van der Waals surface area contributed by atoms with Gasteiger partial charge in [-0.05, 0) is 12.8 Å². The van der Waals surface area contributed by atoms with E-state index in [-0.39, 0.29) is 17.1 Å². The maximum atomic E-state index is 12.9. The van der Waals surface area contributed by atoms with Crippen LogP contribution in [0.2, 0.25) is 0 Å². The Morgan fingerprint density at radius 1 is 1.45 bits per heavy atom.